The van der Waals surface area contributed by atoms with Gasteiger partial charge in [0.2, 0.25) is 0 Å². The number of benzene rings is 1. The van der Waals surface area contributed by atoms with E-state index >= 15 is 0 Å². The van der Waals surface area contributed by atoms with Crippen LogP contribution in [0.5, 0.6) is 0 Å². The summed E-state index contributed by atoms with van der Waals surface area (Å²) in [6, 6.07) is 6.72. The standard InChI is InChI=1S/C12H14O5/c1-2-17-12(15)10-5-3-4-9(6-10)7-16-8-11(13)14/h3-6H,2,7-8H2,1H3,(H,13,14). The molecule has 0 bridgehead atoms. The third kappa shape index (κ3) is 4.65. The Kier molecular flexibility index (Phi) is 5.16. The van der Waals surface area contributed by atoms with E-state index < -0.39 is 11.9 Å². The van der Waals surface area contributed by atoms with Crippen molar-refractivity contribution in [3.63, 3.8) is 0 Å². The minimum absolute atomic E-state index is 0.152. The lowest BCUT2D eigenvalue weighted by Crippen LogP contribution is -2.08. The van der Waals surface area contributed by atoms with E-state index in [-0.39, 0.29) is 13.2 Å². The zero-order valence-electron chi connectivity index (χ0n) is 9.51. The summed E-state index contributed by atoms with van der Waals surface area (Å²) in [6.45, 7) is 1.85. The topological polar surface area (TPSA) is 72.8 Å². The minimum Gasteiger partial charge on any atom is -0.480 e. The molecule has 0 spiro atoms. The number of carbonyl (C=O) groups excluding carboxylic acids is 1. The van der Waals surface area contributed by atoms with Crippen molar-refractivity contribution in [2.75, 3.05) is 13.2 Å². The molecular weight excluding hydrogens is 224 g/mol. The van der Waals surface area contributed by atoms with Crippen LogP contribution < -0.4 is 0 Å². The van der Waals surface area contributed by atoms with Gasteiger partial charge in [-0.25, -0.2) is 9.59 Å². The first kappa shape index (κ1) is 13.2. The maximum absolute atomic E-state index is 11.4. The summed E-state index contributed by atoms with van der Waals surface area (Å²) >= 11 is 0. The molecule has 0 unspecified atom stereocenters. The Morgan fingerprint density at radius 3 is 2.76 bits per heavy atom. The third-order valence-corrected chi connectivity index (χ3v) is 1.93. The van der Waals surface area contributed by atoms with Gasteiger partial charge in [-0.15, -0.1) is 0 Å². The van der Waals surface area contributed by atoms with Crippen LogP contribution in [-0.4, -0.2) is 30.3 Å². The van der Waals surface area contributed by atoms with Crippen LogP contribution in [0.3, 0.4) is 0 Å². The molecule has 0 aliphatic heterocycles. The van der Waals surface area contributed by atoms with Crippen molar-refractivity contribution < 1.29 is 24.2 Å². The van der Waals surface area contributed by atoms with Crippen molar-refractivity contribution in [1.82, 2.24) is 0 Å². The van der Waals surface area contributed by atoms with Gasteiger partial charge in [0.1, 0.15) is 6.61 Å². The van der Waals surface area contributed by atoms with Gasteiger partial charge < -0.3 is 14.6 Å². The summed E-state index contributed by atoms with van der Waals surface area (Å²) in [6.07, 6.45) is 0. The first-order valence-corrected chi connectivity index (χ1v) is 5.19. The van der Waals surface area contributed by atoms with Crippen molar-refractivity contribution in [1.29, 1.82) is 0 Å². The highest BCUT2D eigenvalue weighted by molar-refractivity contribution is 5.89. The van der Waals surface area contributed by atoms with E-state index in [0.29, 0.717) is 12.2 Å². The third-order valence-electron chi connectivity index (χ3n) is 1.93. The second-order valence-electron chi connectivity index (χ2n) is 3.31. The highest BCUT2D eigenvalue weighted by Gasteiger charge is 2.06. The average Bonchev–Trinajstić information content (AvgIpc) is 2.29. The number of ether oxygens (including phenoxy) is 2. The van der Waals surface area contributed by atoms with E-state index in [0.717, 1.165) is 5.56 Å². The van der Waals surface area contributed by atoms with E-state index in [1.165, 1.54) is 0 Å². The quantitative estimate of drug-likeness (QED) is 0.759. The Labute approximate surface area is 99.0 Å². The maximum Gasteiger partial charge on any atom is 0.338 e. The molecule has 0 fully saturated rings. The van der Waals surface area contributed by atoms with Crippen molar-refractivity contribution >= 4 is 11.9 Å². The molecule has 0 radical (unpaired) electrons. The van der Waals surface area contributed by atoms with Crippen LogP contribution in [0.4, 0.5) is 0 Å². The molecule has 1 rings (SSSR count). The molecule has 0 aliphatic carbocycles. The summed E-state index contributed by atoms with van der Waals surface area (Å²) in [7, 11) is 0. The van der Waals surface area contributed by atoms with Crippen molar-refractivity contribution in [2.45, 2.75) is 13.5 Å². The maximum atomic E-state index is 11.4. The van der Waals surface area contributed by atoms with E-state index in [1.807, 2.05) is 0 Å². The van der Waals surface area contributed by atoms with Crippen molar-refractivity contribution in [3.05, 3.63) is 35.4 Å². The number of carbonyl (C=O) groups is 2. The lowest BCUT2D eigenvalue weighted by molar-refractivity contribution is -0.142. The van der Waals surface area contributed by atoms with Gasteiger partial charge in [0, 0.05) is 0 Å². The normalized spacial score (nSPS) is 9.94. The first-order chi connectivity index (χ1) is 8.13. The van der Waals surface area contributed by atoms with Gasteiger partial charge in [-0.05, 0) is 24.6 Å². The molecule has 0 heterocycles. The number of esters is 1. The predicted octanol–water partition coefficient (Wildman–Crippen LogP) is 1.46. The molecule has 1 aromatic rings. The van der Waals surface area contributed by atoms with Crippen LogP contribution in [0.15, 0.2) is 24.3 Å². The molecule has 5 heteroatoms. The molecular formula is C12H14O5. The fraction of sp³-hybridized carbons (Fsp3) is 0.333. The summed E-state index contributed by atoms with van der Waals surface area (Å²) in [5.41, 5.74) is 1.17. The number of carboxylic acid groups (broad SMARTS) is 1. The number of hydrogen-bond donors (Lipinski definition) is 1. The van der Waals surface area contributed by atoms with Gasteiger partial charge in [-0.2, -0.15) is 0 Å². The van der Waals surface area contributed by atoms with Crippen molar-refractivity contribution in [3.8, 4) is 0 Å². The van der Waals surface area contributed by atoms with Gasteiger partial charge in [-0.1, -0.05) is 12.1 Å². The first-order valence-electron chi connectivity index (χ1n) is 5.19. The Hall–Kier alpha value is -1.88. The smallest absolute Gasteiger partial charge is 0.338 e. The molecule has 0 saturated carbocycles. The summed E-state index contributed by atoms with van der Waals surface area (Å²) in [5, 5.41) is 8.41. The highest BCUT2D eigenvalue weighted by Crippen LogP contribution is 2.08. The molecule has 0 saturated heterocycles. The Morgan fingerprint density at radius 2 is 2.12 bits per heavy atom. The molecule has 1 aromatic carbocycles. The molecule has 0 aliphatic rings. The molecule has 0 atom stereocenters. The number of carboxylic acids is 1. The second kappa shape index (κ2) is 6.65. The van der Waals surface area contributed by atoms with Crippen LogP contribution in [0, 0.1) is 0 Å². The zero-order valence-corrected chi connectivity index (χ0v) is 9.51. The fourth-order valence-electron chi connectivity index (χ4n) is 1.26. The van der Waals surface area contributed by atoms with Gasteiger partial charge in [0.05, 0.1) is 18.8 Å². The number of rotatable bonds is 6. The van der Waals surface area contributed by atoms with Crippen LogP contribution in [0.2, 0.25) is 0 Å². The summed E-state index contributed by atoms with van der Waals surface area (Å²) < 4.78 is 9.78. The van der Waals surface area contributed by atoms with Crippen LogP contribution in [0.25, 0.3) is 0 Å². The van der Waals surface area contributed by atoms with Gasteiger partial charge in [0.25, 0.3) is 0 Å². The Morgan fingerprint density at radius 1 is 1.35 bits per heavy atom. The zero-order chi connectivity index (χ0) is 12.7. The molecule has 5 nitrogen and oxygen atoms in total. The lowest BCUT2D eigenvalue weighted by atomic mass is 10.1. The SMILES string of the molecule is CCOC(=O)c1cccc(COCC(=O)O)c1. The van der Waals surface area contributed by atoms with E-state index in [4.69, 9.17) is 14.6 Å². The van der Waals surface area contributed by atoms with Gasteiger partial charge >= 0.3 is 11.9 Å². The molecule has 1 N–H and O–H groups in total. The van der Waals surface area contributed by atoms with Gasteiger partial charge in [0.15, 0.2) is 0 Å². The molecule has 17 heavy (non-hydrogen) atoms. The number of aliphatic carboxylic acids is 1. The minimum atomic E-state index is -1.02. The van der Waals surface area contributed by atoms with Crippen LogP contribution >= 0.6 is 0 Å². The summed E-state index contributed by atoms with van der Waals surface area (Å²) in [4.78, 5) is 21.7. The summed E-state index contributed by atoms with van der Waals surface area (Å²) in [5.74, 6) is -1.42. The van der Waals surface area contributed by atoms with Crippen LogP contribution in [-0.2, 0) is 20.9 Å². The predicted molar refractivity (Wildman–Crippen MR) is 59.7 cm³/mol. The average molecular weight is 238 g/mol. The highest BCUT2D eigenvalue weighted by atomic mass is 16.5. The van der Waals surface area contributed by atoms with E-state index in [2.05, 4.69) is 0 Å². The Balaban J connectivity index is 2.59. The monoisotopic (exact) mass is 238 g/mol. The Bertz CT molecular complexity index is 400. The van der Waals surface area contributed by atoms with Crippen LogP contribution in [0.1, 0.15) is 22.8 Å². The number of hydrogen-bond acceptors (Lipinski definition) is 4. The van der Waals surface area contributed by atoms with E-state index in [1.54, 1.807) is 31.2 Å². The lowest BCUT2D eigenvalue weighted by Gasteiger charge is -2.05. The molecule has 0 amide bonds. The fourth-order valence-corrected chi connectivity index (χ4v) is 1.26. The van der Waals surface area contributed by atoms with Gasteiger partial charge in [-0.3, -0.25) is 0 Å². The molecule has 0 aromatic heterocycles. The largest absolute Gasteiger partial charge is 0.480 e. The van der Waals surface area contributed by atoms with Crippen molar-refractivity contribution in [2.24, 2.45) is 0 Å². The molecule has 92 valence electrons. The van der Waals surface area contributed by atoms with E-state index in [9.17, 15) is 9.59 Å². The second-order valence-corrected chi connectivity index (χ2v) is 3.31.